The van der Waals surface area contributed by atoms with Crippen molar-refractivity contribution in [3.05, 3.63) is 34.3 Å². The zero-order chi connectivity index (χ0) is 12.9. The van der Waals surface area contributed by atoms with Crippen LogP contribution >= 0.6 is 15.9 Å². The largest absolute Gasteiger partial charge is 0.309 e. The van der Waals surface area contributed by atoms with Gasteiger partial charge in [-0.05, 0) is 24.6 Å². The van der Waals surface area contributed by atoms with Gasteiger partial charge in [-0.2, -0.15) is 0 Å². The van der Waals surface area contributed by atoms with Crippen molar-refractivity contribution >= 4 is 25.8 Å². The topological polar surface area (TPSA) is 46.2 Å². The van der Waals surface area contributed by atoms with Gasteiger partial charge >= 0.3 is 0 Å². The van der Waals surface area contributed by atoms with E-state index in [9.17, 15) is 8.42 Å². The Bertz CT molecular complexity index is 459. The van der Waals surface area contributed by atoms with Crippen LogP contribution in [0.4, 0.5) is 0 Å². The molecule has 0 bridgehead atoms. The maximum atomic E-state index is 11.3. The molecule has 0 unspecified atom stereocenters. The molecule has 3 nitrogen and oxygen atoms in total. The predicted octanol–water partition coefficient (Wildman–Crippen LogP) is 2.53. The minimum absolute atomic E-state index is 0.152. The van der Waals surface area contributed by atoms with E-state index in [1.54, 1.807) is 6.92 Å². The van der Waals surface area contributed by atoms with Gasteiger partial charge in [-0.15, -0.1) is 0 Å². The van der Waals surface area contributed by atoms with E-state index in [-0.39, 0.29) is 17.5 Å². The van der Waals surface area contributed by atoms with Crippen molar-refractivity contribution in [2.45, 2.75) is 19.9 Å². The van der Waals surface area contributed by atoms with Crippen molar-refractivity contribution in [1.82, 2.24) is 5.32 Å². The number of hydrogen-bond acceptors (Lipinski definition) is 3. The monoisotopic (exact) mass is 319 g/mol. The highest BCUT2D eigenvalue weighted by atomic mass is 79.9. The van der Waals surface area contributed by atoms with E-state index in [1.165, 1.54) is 0 Å². The number of rotatable bonds is 6. The van der Waals surface area contributed by atoms with Gasteiger partial charge in [0, 0.05) is 22.8 Å². The van der Waals surface area contributed by atoms with Crippen molar-refractivity contribution in [2.75, 3.05) is 18.1 Å². The molecule has 0 aromatic heterocycles. The number of hydrogen-bond donors (Lipinski definition) is 1. The van der Waals surface area contributed by atoms with Crippen molar-refractivity contribution in [3.8, 4) is 0 Å². The summed E-state index contributed by atoms with van der Waals surface area (Å²) >= 11 is 3.42. The van der Waals surface area contributed by atoms with Crippen LogP contribution in [0.25, 0.3) is 0 Å². The van der Waals surface area contributed by atoms with Crippen LogP contribution in [0.5, 0.6) is 0 Å². The highest BCUT2D eigenvalue weighted by Gasteiger charge is 2.09. The minimum Gasteiger partial charge on any atom is -0.309 e. The van der Waals surface area contributed by atoms with E-state index < -0.39 is 9.84 Å². The minimum atomic E-state index is -2.88. The van der Waals surface area contributed by atoms with Gasteiger partial charge < -0.3 is 5.32 Å². The molecule has 0 radical (unpaired) electrons. The molecular formula is C12H18BrNO2S. The summed E-state index contributed by atoms with van der Waals surface area (Å²) in [6.45, 7) is 4.19. The van der Waals surface area contributed by atoms with E-state index >= 15 is 0 Å². The van der Waals surface area contributed by atoms with Crippen LogP contribution in [0.3, 0.4) is 0 Å². The summed E-state index contributed by atoms with van der Waals surface area (Å²) in [5.74, 6) is 0.405. The van der Waals surface area contributed by atoms with E-state index in [4.69, 9.17) is 0 Å². The van der Waals surface area contributed by atoms with E-state index in [2.05, 4.69) is 21.2 Å². The molecule has 17 heavy (non-hydrogen) atoms. The van der Waals surface area contributed by atoms with Crippen LogP contribution in [0.2, 0.25) is 0 Å². The first kappa shape index (κ1) is 14.7. The predicted molar refractivity (Wildman–Crippen MR) is 74.9 cm³/mol. The second-order valence-electron chi connectivity index (χ2n) is 3.97. The fourth-order valence-electron chi connectivity index (χ4n) is 1.47. The number of sulfone groups is 1. The van der Waals surface area contributed by atoms with E-state index in [0.29, 0.717) is 6.54 Å². The Morgan fingerprint density at radius 1 is 1.41 bits per heavy atom. The smallest absolute Gasteiger partial charge is 0.151 e. The molecule has 0 saturated heterocycles. The molecule has 96 valence electrons. The van der Waals surface area contributed by atoms with Gasteiger partial charge in [-0.3, -0.25) is 0 Å². The van der Waals surface area contributed by atoms with Gasteiger partial charge in [-0.25, -0.2) is 8.42 Å². The molecule has 0 heterocycles. The Kier molecular flexibility index (Phi) is 5.62. The van der Waals surface area contributed by atoms with Crippen LogP contribution in [0.15, 0.2) is 28.7 Å². The third kappa shape index (κ3) is 5.19. The van der Waals surface area contributed by atoms with Crippen LogP contribution in [-0.2, 0) is 9.84 Å². The molecular weight excluding hydrogens is 302 g/mol. The van der Waals surface area contributed by atoms with Gasteiger partial charge in [0.05, 0.1) is 5.75 Å². The molecule has 0 aliphatic heterocycles. The second kappa shape index (κ2) is 6.52. The summed E-state index contributed by atoms with van der Waals surface area (Å²) < 4.78 is 23.7. The Balaban J connectivity index is 2.48. The summed E-state index contributed by atoms with van der Waals surface area (Å²) in [4.78, 5) is 0. The third-order valence-corrected chi connectivity index (χ3v) is 4.85. The SMILES string of the molecule is CCS(=O)(=O)CCN[C@H](C)c1cccc(Br)c1. The first-order chi connectivity index (χ1) is 7.94. The Morgan fingerprint density at radius 3 is 2.71 bits per heavy atom. The van der Waals surface area contributed by atoms with Crippen LogP contribution in [0, 0.1) is 0 Å². The zero-order valence-electron chi connectivity index (χ0n) is 10.1. The van der Waals surface area contributed by atoms with Crippen molar-refractivity contribution < 1.29 is 8.42 Å². The van der Waals surface area contributed by atoms with E-state index in [1.807, 2.05) is 31.2 Å². The van der Waals surface area contributed by atoms with Crippen molar-refractivity contribution in [2.24, 2.45) is 0 Å². The first-order valence-electron chi connectivity index (χ1n) is 5.64. The molecule has 1 N–H and O–H groups in total. The lowest BCUT2D eigenvalue weighted by molar-refractivity contribution is 0.573. The number of halogens is 1. The normalized spacial score (nSPS) is 13.6. The Labute approximate surface area is 112 Å². The van der Waals surface area contributed by atoms with Gasteiger partial charge in [0.25, 0.3) is 0 Å². The fourth-order valence-corrected chi connectivity index (χ4v) is 2.60. The molecule has 0 aliphatic carbocycles. The zero-order valence-corrected chi connectivity index (χ0v) is 12.5. The highest BCUT2D eigenvalue weighted by molar-refractivity contribution is 9.10. The molecule has 0 aliphatic rings. The van der Waals surface area contributed by atoms with Gasteiger partial charge in [0.1, 0.15) is 0 Å². The average Bonchev–Trinajstić information content (AvgIpc) is 2.28. The van der Waals surface area contributed by atoms with Crippen LogP contribution in [0.1, 0.15) is 25.5 Å². The molecule has 1 aromatic carbocycles. The third-order valence-electron chi connectivity index (χ3n) is 2.65. The molecule has 5 heteroatoms. The van der Waals surface area contributed by atoms with E-state index in [0.717, 1.165) is 10.0 Å². The summed E-state index contributed by atoms with van der Waals surface area (Å²) in [6.07, 6.45) is 0. The maximum absolute atomic E-state index is 11.3. The van der Waals surface area contributed by atoms with Crippen LogP contribution in [-0.4, -0.2) is 26.5 Å². The van der Waals surface area contributed by atoms with Gasteiger partial charge in [-0.1, -0.05) is 35.0 Å². The van der Waals surface area contributed by atoms with Gasteiger partial charge in [0.2, 0.25) is 0 Å². The Morgan fingerprint density at radius 2 is 2.12 bits per heavy atom. The molecule has 1 rings (SSSR count). The molecule has 1 atom stereocenters. The standard InChI is InChI=1S/C12H18BrNO2S/c1-3-17(15,16)8-7-14-10(2)11-5-4-6-12(13)9-11/h4-6,9-10,14H,3,7-8H2,1-2H3/t10-/m1/s1. The molecule has 0 spiro atoms. The number of benzene rings is 1. The number of nitrogens with one attached hydrogen (secondary N) is 1. The van der Waals surface area contributed by atoms with Gasteiger partial charge in [0.15, 0.2) is 9.84 Å². The summed E-state index contributed by atoms with van der Waals surface area (Å²) in [6, 6.07) is 8.15. The summed E-state index contributed by atoms with van der Waals surface area (Å²) in [7, 11) is -2.88. The summed E-state index contributed by atoms with van der Waals surface area (Å²) in [5, 5.41) is 3.22. The molecule has 0 amide bonds. The fraction of sp³-hybridized carbons (Fsp3) is 0.500. The van der Waals surface area contributed by atoms with Crippen LogP contribution < -0.4 is 5.32 Å². The Hall–Kier alpha value is -0.390. The molecule has 1 aromatic rings. The average molecular weight is 320 g/mol. The summed E-state index contributed by atoms with van der Waals surface area (Å²) in [5.41, 5.74) is 1.15. The first-order valence-corrected chi connectivity index (χ1v) is 8.25. The van der Waals surface area contributed by atoms with Crippen molar-refractivity contribution in [1.29, 1.82) is 0 Å². The van der Waals surface area contributed by atoms with Crippen molar-refractivity contribution in [3.63, 3.8) is 0 Å². The molecule has 0 fully saturated rings. The lowest BCUT2D eigenvalue weighted by atomic mass is 10.1. The second-order valence-corrected chi connectivity index (χ2v) is 7.36. The highest BCUT2D eigenvalue weighted by Crippen LogP contribution is 2.17. The lowest BCUT2D eigenvalue weighted by Crippen LogP contribution is -2.26. The molecule has 0 saturated carbocycles. The lowest BCUT2D eigenvalue weighted by Gasteiger charge is -2.14. The quantitative estimate of drug-likeness (QED) is 0.876. The maximum Gasteiger partial charge on any atom is 0.151 e.